The summed E-state index contributed by atoms with van der Waals surface area (Å²) in [6, 6.07) is 18.2. The van der Waals surface area contributed by atoms with Crippen LogP contribution >= 0.6 is 0 Å². The van der Waals surface area contributed by atoms with Crippen LogP contribution < -0.4 is 10.6 Å². The Kier molecular flexibility index (Phi) is 7.12. The lowest BCUT2D eigenvalue weighted by atomic mass is 10.00. The van der Waals surface area contributed by atoms with Crippen molar-refractivity contribution in [2.24, 2.45) is 0 Å². The minimum absolute atomic E-state index is 0.0185. The van der Waals surface area contributed by atoms with Gasteiger partial charge in [0, 0.05) is 24.6 Å². The van der Waals surface area contributed by atoms with Gasteiger partial charge in [-0.3, -0.25) is 19.5 Å². The van der Waals surface area contributed by atoms with Crippen LogP contribution in [0.3, 0.4) is 0 Å². The van der Waals surface area contributed by atoms with Gasteiger partial charge in [0.25, 0.3) is 5.91 Å². The Morgan fingerprint density at radius 1 is 1.00 bits per heavy atom. The Balaban J connectivity index is 1.37. The molecule has 2 atom stereocenters. The van der Waals surface area contributed by atoms with E-state index >= 15 is 0 Å². The van der Waals surface area contributed by atoms with Crippen LogP contribution in [0.15, 0.2) is 95.9 Å². The molecule has 5 rings (SSSR count). The van der Waals surface area contributed by atoms with Crippen molar-refractivity contribution in [2.45, 2.75) is 25.2 Å². The predicted octanol–water partition coefficient (Wildman–Crippen LogP) is 4.44. The van der Waals surface area contributed by atoms with Crippen LogP contribution in [0.2, 0.25) is 0 Å². The number of amides is 3. The Bertz CT molecular complexity index is 1430. The second kappa shape index (κ2) is 11.0. The number of furan rings is 1. The highest BCUT2D eigenvalue weighted by Crippen LogP contribution is 2.34. The average molecular weight is 515 g/mol. The van der Waals surface area contributed by atoms with Crippen LogP contribution in [-0.4, -0.2) is 33.8 Å². The van der Waals surface area contributed by atoms with Gasteiger partial charge in [-0.25, -0.2) is 9.18 Å². The molecule has 10 heteroatoms. The molecule has 2 aromatic carbocycles. The highest BCUT2D eigenvalue weighted by atomic mass is 19.1. The summed E-state index contributed by atoms with van der Waals surface area (Å²) in [5.41, 5.74) is 2.35. The molecule has 3 heterocycles. The third-order valence-electron chi connectivity index (χ3n) is 6.03. The number of benzene rings is 2. The number of halogens is 1. The van der Waals surface area contributed by atoms with E-state index in [0.29, 0.717) is 16.8 Å². The molecular formula is C28H23FN4O5. The highest BCUT2D eigenvalue weighted by molar-refractivity contribution is 6.02. The molecule has 4 aromatic rings. The molecule has 1 aliphatic rings. The molecule has 2 N–H and O–H groups in total. The molecule has 1 saturated heterocycles. The molecule has 0 radical (unpaired) electrons. The van der Waals surface area contributed by atoms with E-state index in [1.807, 2.05) is 6.07 Å². The van der Waals surface area contributed by atoms with E-state index in [4.69, 9.17) is 9.15 Å². The van der Waals surface area contributed by atoms with Crippen molar-refractivity contribution in [3.05, 3.63) is 120 Å². The van der Waals surface area contributed by atoms with Crippen LogP contribution in [0.25, 0.3) is 0 Å². The van der Waals surface area contributed by atoms with E-state index in [2.05, 4.69) is 15.6 Å². The molecular weight excluding hydrogens is 491 g/mol. The van der Waals surface area contributed by atoms with Gasteiger partial charge >= 0.3 is 6.09 Å². The lowest BCUT2D eigenvalue weighted by Crippen LogP contribution is -2.46. The Hall–Kier alpha value is -4.99. The maximum atomic E-state index is 13.8. The predicted molar refractivity (Wildman–Crippen MR) is 134 cm³/mol. The zero-order valence-corrected chi connectivity index (χ0v) is 20.0. The standard InChI is InChI=1S/C28H23FN4O5/c29-21-6-1-4-18(14-21)17-33-24(27(35)31-16-19-5-2-12-30-15-19)25(38-28(33)36)20-8-10-22(11-9-20)32-26(34)23-7-3-13-37-23/h1-15,24-25H,16-17H2,(H,31,35)(H,32,34)/t24-,25+/m0/s1. The van der Waals surface area contributed by atoms with Gasteiger partial charge < -0.3 is 19.8 Å². The Morgan fingerprint density at radius 3 is 2.53 bits per heavy atom. The van der Waals surface area contributed by atoms with Gasteiger partial charge in [-0.05, 0) is 59.2 Å². The fraction of sp³-hybridized carbons (Fsp3) is 0.143. The van der Waals surface area contributed by atoms with Gasteiger partial charge in [0.05, 0.1) is 12.8 Å². The van der Waals surface area contributed by atoms with Gasteiger partial charge in [0.1, 0.15) is 5.82 Å². The third-order valence-corrected chi connectivity index (χ3v) is 6.03. The van der Waals surface area contributed by atoms with Gasteiger partial charge in [-0.2, -0.15) is 0 Å². The van der Waals surface area contributed by atoms with E-state index < -0.39 is 35.9 Å². The van der Waals surface area contributed by atoms with Crippen molar-refractivity contribution in [3.8, 4) is 0 Å². The van der Waals surface area contributed by atoms with Crippen molar-refractivity contribution in [1.29, 1.82) is 0 Å². The first-order valence-electron chi connectivity index (χ1n) is 11.8. The zero-order valence-electron chi connectivity index (χ0n) is 20.0. The molecule has 0 spiro atoms. The summed E-state index contributed by atoms with van der Waals surface area (Å²) in [6.45, 7) is 0.186. The van der Waals surface area contributed by atoms with Crippen LogP contribution in [-0.2, 0) is 22.6 Å². The monoisotopic (exact) mass is 514 g/mol. The summed E-state index contributed by atoms with van der Waals surface area (Å²) in [5, 5.41) is 5.57. The third kappa shape index (κ3) is 5.54. The summed E-state index contributed by atoms with van der Waals surface area (Å²) < 4.78 is 24.6. The molecule has 192 valence electrons. The van der Waals surface area contributed by atoms with E-state index in [9.17, 15) is 18.8 Å². The minimum atomic E-state index is -1.02. The Morgan fingerprint density at radius 2 is 1.82 bits per heavy atom. The fourth-order valence-corrected chi connectivity index (χ4v) is 4.20. The van der Waals surface area contributed by atoms with Crippen molar-refractivity contribution >= 4 is 23.6 Å². The molecule has 0 aliphatic carbocycles. The summed E-state index contributed by atoms with van der Waals surface area (Å²) in [4.78, 5) is 43.9. The molecule has 9 nitrogen and oxygen atoms in total. The summed E-state index contributed by atoms with van der Waals surface area (Å²) in [5.74, 6) is -1.13. The number of rotatable bonds is 8. The smallest absolute Gasteiger partial charge is 0.411 e. The summed E-state index contributed by atoms with van der Waals surface area (Å²) in [6.07, 6.45) is 3.04. The lowest BCUT2D eigenvalue weighted by Gasteiger charge is -2.24. The van der Waals surface area contributed by atoms with Crippen molar-refractivity contribution in [3.63, 3.8) is 0 Å². The normalized spacial score (nSPS) is 16.7. The molecule has 38 heavy (non-hydrogen) atoms. The van der Waals surface area contributed by atoms with Crippen molar-refractivity contribution in [2.75, 3.05) is 5.32 Å². The zero-order chi connectivity index (χ0) is 26.5. The number of pyridine rings is 1. The number of carbonyl (C=O) groups is 3. The summed E-state index contributed by atoms with van der Waals surface area (Å²) >= 11 is 0. The number of nitrogens with zero attached hydrogens (tertiary/aromatic N) is 2. The second-order valence-corrected chi connectivity index (χ2v) is 8.64. The first kappa shape index (κ1) is 24.7. The first-order chi connectivity index (χ1) is 18.5. The first-order valence-corrected chi connectivity index (χ1v) is 11.8. The van der Waals surface area contributed by atoms with E-state index in [1.54, 1.807) is 60.9 Å². The van der Waals surface area contributed by atoms with Gasteiger partial charge in [-0.15, -0.1) is 0 Å². The van der Waals surface area contributed by atoms with Crippen LogP contribution in [0.5, 0.6) is 0 Å². The van der Waals surface area contributed by atoms with Crippen LogP contribution in [0.1, 0.15) is 33.3 Å². The summed E-state index contributed by atoms with van der Waals surface area (Å²) in [7, 11) is 0. The molecule has 1 aliphatic heterocycles. The number of hydrogen-bond donors (Lipinski definition) is 2. The number of cyclic esters (lactones) is 1. The maximum absolute atomic E-state index is 13.8. The second-order valence-electron chi connectivity index (χ2n) is 8.64. The average Bonchev–Trinajstić information content (AvgIpc) is 3.57. The topological polar surface area (TPSA) is 114 Å². The quantitative estimate of drug-likeness (QED) is 0.359. The maximum Gasteiger partial charge on any atom is 0.411 e. The molecule has 0 saturated carbocycles. The highest BCUT2D eigenvalue weighted by Gasteiger charge is 2.47. The van der Waals surface area contributed by atoms with Gasteiger partial charge in [0.15, 0.2) is 17.9 Å². The van der Waals surface area contributed by atoms with Crippen LogP contribution in [0.4, 0.5) is 14.9 Å². The molecule has 3 amide bonds. The van der Waals surface area contributed by atoms with E-state index in [-0.39, 0.29) is 18.8 Å². The lowest BCUT2D eigenvalue weighted by molar-refractivity contribution is -0.126. The van der Waals surface area contributed by atoms with Crippen molar-refractivity contribution < 1.29 is 27.9 Å². The number of aromatic nitrogens is 1. The van der Waals surface area contributed by atoms with Gasteiger partial charge in [-0.1, -0.05) is 30.3 Å². The van der Waals surface area contributed by atoms with Crippen molar-refractivity contribution in [1.82, 2.24) is 15.2 Å². The molecule has 0 bridgehead atoms. The number of nitrogens with one attached hydrogen (secondary N) is 2. The Labute approximate surface area is 217 Å². The number of anilines is 1. The number of carbonyl (C=O) groups excluding carboxylic acids is 3. The van der Waals surface area contributed by atoms with Gasteiger partial charge in [0.2, 0.25) is 5.91 Å². The minimum Gasteiger partial charge on any atom is -0.459 e. The molecule has 2 aromatic heterocycles. The van der Waals surface area contributed by atoms with Crippen LogP contribution in [0, 0.1) is 5.82 Å². The SMILES string of the molecule is O=C(Nc1ccc([C@H]2OC(=O)N(Cc3cccc(F)c3)[C@@H]2C(=O)NCc2cccnc2)cc1)c1ccco1. The van der Waals surface area contributed by atoms with E-state index in [0.717, 1.165) is 5.56 Å². The molecule has 1 fully saturated rings. The largest absolute Gasteiger partial charge is 0.459 e. The number of ether oxygens (including phenoxy) is 1. The number of hydrogen-bond acceptors (Lipinski definition) is 6. The fourth-order valence-electron chi connectivity index (χ4n) is 4.20. The molecule has 0 unspecified atom stereocenters. The van der Waals surface area contributed by atoms with E-state index in [1.165, 1.54) is 29.4 Å².